The second kappa shape index (κ2) is 5.40. The Balaban J connectivity index is 2.73. The predicted octanol–water partition coefficient (Wildman–Crippen LogP) is 5.37. The number of H-pyrrole nitrogens is 1. The smallest absolute Gasteiger partial charge is 0.0491 e. The fourth-order valence-corrected chi connectivity index (χ4v) is 2.89. The van der Waals surface area contributed by atoms with E-state index in [4.69, 9.17) is 0 Å². The summed E-state index contributed by atoms with van der Waals surface area (Å²) in [5.74, 6) is 0. The van der Waals surface area contributed by atoms with Crippen molar-refractivity contribution >= 4 is 10.9 Å². The van der Waals surface area contributed by atoms with E-state index < -0.39 is 0 Å². The predicted molar refractivity (Wildman–Crippen MR) is 85.0 cm³/mol. The Hall–Kier alpha value is -1.24. The Morgan fingerprint density at radius 3 is 2.42 bits per heavy atom. The first-order chi connectivity index (χ1) is 9.05. The van der Waals surface area contributed by atoms with Crippen LogP contribution in [0.25, 0.3) is 10.9 Å². The molecule has 19 heavy (non-hydrogen) atoms. The average Bonchev–Trinajstić information content (AvgIpc) is 2.79. The van der Waals surface area contributed by atoms with Crippen molar-refractivity contribution in [2.24, 2.45) is 0 Å². The molecule has 0 bridgehead atoms. The highest BCUT2D eigenvalue weighted by molar-refractivity contribution is 5.87. The maximum Gasteiger partial charge on any atom is 0.0491 e. The highest BCUT2D eigenvalue weighted by Gasteiger charge is 2.25. The normalized spacial score (nSPS) is 12.3. The second-order valence-electron chi connectivity index (χ2n) is 6.16. The molecular formula is C18H27N. The number of aromatic amines is 1. The van der Waals surface area contributed by atoms with Gasteiger partial charge < -0.3 is 4.98 Å². The van der Waals surface area contributed by atoms with Gasteiger partial charge in [0.1, 0.15) is 0 Å². The van der Waals surface area contributed by atoms with E-state index in [1.807, 2.05) is 0 Å². The number of aryl methyl sites for hydroxylation is 2. The van der Waals surface area contributed by atoms with Crippen LogP contribution in [-0.2, 0) is 18.3 Å². The van der Waals surface area contributed by atoms with Gasteiger partial charge in [-0.15, -0.1) is 0 Å². The van der Waals surface area contributed by atoms with E-state index in [1.165, 1.54) is 35.0 Å². The van der Waals surface area contributed by atoms with Crippen LogP contribution in [-0.4, -0.2) is 4.98 Å². The number of fused-ring (bicyclic) bond motifs is 1. The molecule has 1 heterocycles. The van der Waals surface area contributed by atoms with Gasteiger partial charge in [0, 0.05) is 22.0 Å². The number of hydrogen-bond donors (Lipinski definition) is 1. The van der Waals surface area contributed by atoms with Crippen LogP contribution >= 0.6 is 0 Å². The zero-order valence-corrected chi connectivity index (χ0v) is 13.1. The van der Waals surface area contributed by atoms with Crippen LogP contribution in [0.3, 0.4) is 0 Å². The van der Waals surface area contributed by atoms with Crippen molar-refractivity contribution in [3.63, 3.8) is 0 Å². The number of hydrogen-bond acceptors (Lipinski definition) is 0. The molecule has 1 aromatic carbocycles. The molecule has 0 aliphatic heterocycles. The molecule has 0 saturated carbocycles. The molecule has 1 N–H and O–H groups in total. The molecular weight excluding hydrogens is 230 g/mol. The Bertz CT molecular complexity index is 560. The molecule has 1 heteroatoms. The van der Waals surface area contributed by atoms with Crippen molar-refractivity contribution in [1.82, 2.24) is 4.98 Å². The number of rotatable bonds is 5. The third-order valence-corrected chi connectivity index (χ3v) is 4.47. The minimum absolute atomic E-state index is 0.231. The maximum absolute atomic E-state index is 3.76. The fraction of sp³-hybridized carbons (Fsp3) is 0.556. The van der Waals surface area contributed by atoms with Crippen LogP contribution in [0.4, 0.5) is 0 Å². The van der Waals surface area contributed by atoms with Crippen LogP contribution in [0.1, 0.15) is 64.3 Å². The second-order valence-corrected chi connectivity index (χ2v) is 6.16. The molecule has 0 spiro atoms. The van der Waals surface area contributed by atoms with Gasteiger partial charge in [-0.3, -0.25) is 0 Å². The molecule has 1 aromatic heterocycles. The Morgan fingerprint density at radius 2 is 1.84 bits per heavy atom. The SMILES string of the molecule is CCCc1c(C(C)(C)CC)[nH]c2c(CC)cccc12. The fourth-order valence-electron chi connectivity index (χ4n) is 2.89. The van der Waals surface area contributed by atoms with Crippen molar-refractivity contribution < 1.29 is 0 Å². The summed E-state index contributed by atoms with van der Waals surface area (Å²) in [5.41, 5.74) is 6.03. The van der Waals surface area contributed by atoms with Crippen LogP contribution in [0, 0.1) is 0 Å². The van der Waals surface area contributed by atoms with Gasteiger partial charge in [-0.05, 0) is 30.4 Å². The van der Waals surface area contributed by atoms with Gasteiger partial charge in [0.2, 0.25) is 0 Å². The third-order valence-electron chi connectivity index (χ3n) is 4.47. The summed E-state index contributed by atoms with van der Waals surface area (Å²) in [6.45, 7) is 11.5. The summed E-state index contributed by atoms with van der Waals surface area (Å²) in [7, 11) is 0. The summed E-state index contributed by atoms with van der Waals surface area (Å²) < 4.78 is 0. The monoisotopic (exact) mass is 257 g/mol. The lowest BCUT2D eigenvalue weighted by molar-refractivity contribution is 0.489. The zero-order valence-electron chi connectivity index (χ0n) is 13.1. The molecule has 1 nitrogen and oxygen atoms in total. The van der Waals surface area contributed by atoms with Gasteiger partial charge in [-0.2, -0.15) is 0 Å². The lowest BCUT2D eigenvalue weighted by Gasteiger charge is -2.23. The maximum atomic E-state index is 3.76. The van der Waals surface area contributed by atoms with E-state index in [-0.39, 0.29) is 5.41 Å². The highest BCUT2D eigenvalue weighted by Crippen LogP contribution is 2.35. The Labute approximate surface area is 117 Å². The zero-order chi connectivity index (χ0) is 14.0. The van der Waals surface area contributed by atoms with Gasteiger partial charge in [0.25, 0.3) is 0 Å². The van der Waals surface area contributed by atoms with Gasteiger partial charge in [-0.1, -0.05) is 59.2 Å². The van der Waals surface area contributed by atoms with Crippen molar-refractivity contribution in [2.75, 3.05) is 0 Å². The topological polar surface area (TPSA) is 15.8 Å². The van der Waals surface area contributed by atoms with Gasteiger partial charge in [0.05, 0.1) is 0 Å². The van der Waals surface area contributed by atoms with Crippen LogP contribution in [0.2, 0.25) is 0 Å². The summed E-state index contributed by atoms with van der Waals surface area (Å²) in [5, 5.41) is 1.44. The number of para-hydroxylation sites is 1. The van der Waals surface area contributed by atoms with E-state index in [2.05, 4.69) is 57.8 Å². The standard InChI is InChI=1S/C18H27N/c1-6-10-15-14-12-9-11-13(7-2)16(14)19-17(15)18(4,5)8-3/h9,11-12,19H,6-8,10H2,1-5H3. The Kier molecular flexibility index (Phi) is 4.03. The summed E-state index contributed by atoms with van der Waals surface area (Å²) in [6.07, 6.45) is 4.63. The van der Waals surface area contributed by atoms with Crippen molar-refractivity contribution in [3.05, 3.63) is 35.0 Å². The van der Waals surface area contributed by atoms with Crippen molar-refractivity contribution in [1.29, 1.82) is 0 Å². The molecule has 0 aliphatic rings. The van der Waals surface area contributed by atoms with Gasteiger partial charge >= 0.3 is 0 Å². The average molecular weight is 257 g/mol. The van der Waals surface area contributed by atoms with Crippen molar-refractivity contribution in [3.8, 4) is 0 Å². The number of nitrogens with one attached hydrogen (secondary N) is 1. The molecule has 0 radical (unpaired) electrons. The van der Waals surface area contributed by atoms with E-state index >= 15 is 0 Å². The lowest BCUT2D eigenvalue weighted by Crippen LogP contribution is -2.18. The minimum atomic E-state index is 0.231. The summed E-state index contributed by atoms with van der Waals surface area (Å²) in [4.78, 5) is 3.76. The van der Waals surface area contributed by atoms with Gasteiger partial charge in [0.15, 0.2) is 0 Å². The number of benzene rings is 1. The first-order valence-corrected chi connectivity index (χ1v) is 7.68. The number of aromatic nitrogens is 1. The first kappa shape index (κ1) is 14.2. The third kappa shape index (κ3) is 2.43. The molecule has 104 valence electrons. The van der Waals surface area contributed by atoms with Crippen LogP contribution < -0.4 is 0 Å². The minimum Gasteiger partial charge on any atom is -0.357 e. The lowest BCUT2D eigenvalue weighted by atomic mass is 9.83. The van der Waals surface area contributed by atoms with E-state index in [9.17, 15) is 0 Å². The Morgan fingerprint density at radius 1 is 1.11 bits per heavy atom. The summed E-state index contributed by atoms with van der Waals surface area (Å²) >= 11 is 0. The molecule has 0 fully saturated rings. The summed E-state index contributed by atoms with van der Waals surface area (Å²) in [6, 6.07) is 6.74. The molecule has 2 rings (SSSR count). The van der Waals surface area contributed by atoms with Crippen molar-refractivity contribution in [2.45, 2.75) is 65.7 Å². The van der Waals surface area contributed by atoms with Crippen LogP contribution in [0.5, 0.6) is 0 Å². The molecule has 0 atom stereocenters. The van der Waals surface area contributed by atoms with E-state index in [1.54, 1.807) is 5.56 Å². The van der Waals surface area contributed by atoms with E-state index in [0.717, 1.165) is 12.8 Å². The highest BCUT2D eigenvalue weighted by atomic mass is 14.7. The van der Waals surface area contributed by atoms with E-state index in [0.29, 0.717) is 0 Å². The quantitative estimate of drug-likeness (QED) is 0.741. The molecule has 0 unspecified atom stereocenters. The molecule has 0 amide bonds. The molecule has 0 saturated heterocycles. The largest absolute Gasteiger partial charge is 0.357 e. The molecule has 0 aliphatic carbocycles. The molecule has 2 aromatic rings. The van der Waals surface area contributed by atoms with Gasteiger partial charge in [-0.25, -0.2) is 0 Å². The van der Waals surface area contributed by atoms with Crippen LogP contribution in [0.15, 0.2) is 18.2 Å². The first-order valence-electron chi connectivity index (χ1n) is 7.68.